The summed E-state index contributed by atoms with van der Waals surface area (Å²) >= 11 is 6.05. The molecule has 0 saturated carbocycles. The fourth-order valence-electron chi connectivity index (χ4n) is 1.29. The molecule has 1 rings (SSSR count). The summed E-state index contributed by atoms with van der Waals surface area (Å²) in [5.74, 6) is 0.457. The van der Waals surface area contributed by atoms with Gasteiger partial charge in [-0.25, -0.2) is 4.98 Å². The predicted octanol–water partition coefficient (Wildman–Crippen LogP) is 2.26. The van der Waals surface area contributed by atoms with Gasteiger partial charge in [0.1, 0.15) is 11.6 Å². The van der Waals surface area contributed by atoms with Crippen LogP contribution in [0.15, 0.2) is 12.3 Å². The highest BCUT2D eigenvalue weighted by molar-refractivity contribution is 6.31. The monoisotopic (exact) mass is 258 g/mol. The van der Waals surface area contributed by atoms with Crippen molar-refractivity contribution in [2.75, 3.05) is 20.3 Å². The van der Waals surface area contributed by atoms with Gasteiger partial charge in [0.05, 0.1) is 12.7 Å². The van der Waals surface area contributed by atoms with Gasteiger partial charge < -0.3 is 14.8 Å². The molecular weight excluding hydrogens is 240 g/mol. The van der Waals surface area contributed by atoms with Gasteiger partial charge in [0.25, 0.3) is 0 Å². The molecule has 0 aromatic carbocycles. The molecule has 0 atom stereocenters. The van der Waals surface area contributed by atoms with E-state index >= 15 is 0 Å². The molecule has 1 N–H and O–H groups in total. The second-order valence-electron chi connectivity index (χ2n) is 3.93. The molecule has 96 valence electrons. The van der Waals surface area contributed by atoms with E-state index in [0.717, 1.165) is 12.1 Å². The Kier molecular flexibility index (Phi) is 6.26. The van der Waals surface area contributed by atoms with E-state index in [1.807, 2.05) is 27.0 Å². The number of nitrogens with zero attached hydrogens (tertiary/aromatic N) is 1. The molecule has 0 spiro atoms. The first-order chi connectivity index (χ1) is 8.13. The molecular formula is C12H19ClN2O2. The minimum absolute atomic E-state index is 0.208. The van der Waals surface area contributed by atoms with Crippen molar-refractivity contribution in [1.82, 2.24) is 10.3 Å². The average molecular weight is 259 g/mol. The summed E-state index contributed by atoms with van der Waals surface area (Å²) in [6.45, 7) is 5.70. The summed E-state index contributed by atoms with van der Waals surface area (Å²) in [6.07, 6.45) is 1.96. The lowest BCUT2D eigenvalue weighted by Gasteiger charge is -2.10. The Morgan fingerprint density at radius 3 is 2.76 bits per heavy atom. The van der Waals surface area contributed by atoms with E-state index in [0.29, 0.717) is 24.1 Å². The van der Waals surface area contributed by atoms with Crippen molar-refractivity contribution < 1.29 is 9.47 Å². The SMILES string of the molecule is CNCc1cnc(OCCOC(C)C)c(Cl)c1. The number of rotatable bonds is 7. The van der Waals surface area contributed by atoms with Gasteiger partial charge in [-0.1, -0.05) is 11.6 Å². The molecule has 0 aliphatic rings. The van der Waals surface area contributed by atoms with Crippen LogP contribution < -0.4 is 10.1 Å². The second kappa shape index (κ2) is 7.48. The van der Waals surface area contributed by atoms with Crippen LogP contribution in [-0.4, -0.2) is 31.3 Å². The van der Waals surface area contributed by atoms with E-state index in [1.54, 1.807) is 6.20 Å². The molecule has 0 fully saturated rings. The first-order valence-electron chi connectivity index (χ1n) is 5.67. The third kappa shape index (κ3) is 5.35. The van der Waals surface area contributed by atoms with Crippen molar-refractivity contribution in [2.45, 2.75) is 26.5 Å². The average Bonchev–Trinajstić information content (AvgIpc) is 2.27. The van der Waals surface area contributed by atoms with Gasteiger partial charge in [-0.2, -0.15) is 0 Å². The molecule has 0 amide bonds. The number of hydrogen-bond acceptors (Lipinski definition) is 4. The number of halogens is 1. The summed E-state index contributed by atoms with van der Waals surface area (Å²) in [5.41, 5.74) is 1.03. The second-order valence-corrected chi connectivity index (χ2v) is 4.34. The van der Waals surface area contributed by atoms with Gasteiger partial charge in [-0.05, 0) is 32.5 Å². The van der Waals surface area contributed by atoms with Crippen molar-refractivity contribution in [3.05, 3.63) is 22.8 Å². The van der Waals surface area contributed by atoms with E-state index in [-0.39, 0.29) is 6.10 Å². The number of pyridine rings is 1. The number of ether oxygens (including phenoxy) is 2. The summed E-state index contributed by atoms with van der Waals surface area (Å²) in [5, 5.41) is 3.57. The van der Waals surface area contributed by atoms with Crippen molar-refractivity contribution >= 4 is 11.6 Å². The van der Waals surface area contributed by atoms with Crippen LogP contribution in [0.1, 0.15) is 19.4 Å². The molecule has 0 aliphatic heterocycles. The van der Waals surface area contributed by atoms with E-state index in [1.165, 1.54) is 0 Å². The fraction of sp³-hybridized carbons (Fsp3) is 0.583. The van der Waals surface area contributed by atoms with Gasteiger partial charge in [0.15, 0.2) is 0 Å². The standard InChI is InChI=1S/C12H19ClN2O2/c1-9(2)16-4-5-17-12-11(13)6-10(7-14-3)8-15-12/h6,8-9,14H,4-5,7H2,1-3H3. The molecule has 0 radical (unpaired) electrons. The van der Waals surface area contributed by atoms with Gasteiger partial charge in [0, 0.05) is 12.7 Å². The largest absolute Gasteiger partial charge is 0.474 e. The lowest BCUT2D eigenvalue weighted by Crippen LogP contribution is -2.12. The minimum atomic E-state index is 0.208. The van der Waals surface area contributed by atoms with Crippen LogP contribution in [0, 0.1) is 0 Å². The Labute approximate surface area is 107 Å². The third-order valence-electron chi connectivity index (χ3n) is 2.02. The molecule has 17 heavy (non-hydrogen) atoms. The van der Waals surface area contributed by atoms with Crippen molar-refractivity contribution in [1.29, 1.82) is 0 Å². The Bertz CT molecular complexity index is 345. The summed E-state index contributed by atoms with van der Waals surface area (Å²) < 4.78 is 10.8. The van der Waals surface area contributed by atoms with Crippen molar-refractivity contribution in [3.63, 3.8) is 0 Å². The minimum Gasteiger partial charge on any atom is -0.474 e. The van der Waals surface area contributed by atoms with E-state index in [2.05, 4.69) is 10.3 Å². The lowest BCUT2D eigenvalue weighted by atomic mass is 10.3. The topological polar surface area (TPSA) is 43.4 Å². The third-order valence-corrected chi connectivity index (χ3v) is 2.29. The fourth-order valence-corrected chi connectivity index (χ4v) is 1.54. The van der Waals surface area contributed by atoms with Crippen LogP contribution in [0.5, 0.6) is 5.88 Å². The molecule has 1 aromatic heterocycles. The number of hydrogen-bond donors (Lipinski definition) is 1. The molecule has 1 heterocycles. The highest BCUT2D eigenvalue weighted by Crippen LogP contribution is 2.22. The zero-order valence-electron chi connectivity index (χ0n) is 10.5. The zero-order chi connectivity index (χ0) is 12.7. The number of nitrogens with one attached hydrogen (secondary N) is 1. The zero-order valence-corrected chi connectivity index (χ0v) is 11.3. The van der Waals surface area contributed by atoms with Crippen LogP contribution in [0.25, 0.3) is 0 Å². The van der Waals surface area contributed by atoms with Crippen LogP contribution in [-0.2, 0) is 11.3 Å². The smallest absolute Gasteiger partial charge is 0.232 e. The van der Waals surface area contributed by atoms with E-state index < -0.39 is 0 Å². The number of aromatic nitrogens is 1. The molecule has 1 aromatic rings. The molecule has 5 heteroatoms. The van der Waals surface area contributed by atoms with Crippen molar-refractivity contribution in [3.8, 4) is 5.88 Å². The van der Waals surface area contributed by atoms with Crippen LogP contribution in [0.3, 0.4) is 0 Å². The molecule has 0 unspecified atom stereocenters. The van der Waals surface area contributed by atoms with Gasteiger partial charge in [-0.3, -0.25) is 0 Å². The summed E-state index contributed by atoms with van der Waals surface area (Å²) in [4.78, 5) is 4.16. The first-order valence-corrected chi connectivity index (χ1v) is 6.04. The molecule has 0 bridgehead atoms. The van der Waals surface area contributed by atoms with Gasteiger partial charge in [-0.15, -0.1) is 0 Å². The van der Waals surface area contributed by atoms with Gasteiger partial charge in [0.2, 0.25) is 5.88 Å². The summed E-state index contributed by atoms with van der Waals surface area (Å²) in [6, 6.07) is 1.85. The highest BCUT2D eigenvalue weighted by Gasteiger charge is 2.04. The van der Waals surface area contributed by atoms with Crippen molar-refractivity contribution in [2.24, 2.45) is 0 Å². The van der Waals surface area contributed by atoms with Gasteiger partial charge >= 0.3 is 0 Å². The van der Waals surface area contributed by atoms with Crippen LogP contribution >= 0.6 is 11.6 Å². The maximum atomic E-state index is 6.05. The predicted molar refractivity (Wildman–Crippen MR) is 68.6 cm³/mol. The Hall–Kier alpha value is -0.840. The maximum Gasteiger partial charge on any atom is 0.232 e. The van der Waals surface area contributed by atoms with Crippen LogP contribution in [0.4, 0.5) is 0 Å². The van der Waals surface area contributed by atoms with E-state index in [9.17, 15) is 0 Å². The molecule has 4 nitrogen and oxygen atoms in total. The first kappa shape index (κ1) is 14.2. The Morgan fingerprint density at radius 1 is 1.41 bits per heavy atom. The Morgan fingerprint density at radius 2 is 2.18 bits per heavy atom. The Balaban J connectivity index is 2.43. The normalized spacial score (nSPS) is 10.9. The maximum absolute atomic E-state index is 6.05. The lowest BCUT2D eigenvalue weighted by molar-refractivity contribution is 0.0543. The highest BCUT2D eigenvalue weighted by atomic mass is 35.5. The quantitative estimate of drug-likeness (QED) is 0.762. The molecule has 0 aliphatic carbocycles. The summed E-state index contributed by atoms with van der Waals surface area (Å²) in [7, 11) is 1.88. The van der Waals surface area contributed by atoms with E-state index in [4.69, 9.17) is 21.1 Å². The van der Waals surface area contributed by atoms with Crippen LogP contribution in [0.2, 0.25) is 5.02 Å². The molecule has 0 saturated heterocycles.